The molecule has 0 aromatic heterocycles. The Kier molecular flexibility index (Phi) is 6.62. The number of amides is 1. The molecular formula is C15H21ClN2O3. The molecule has 1 aromatic rings. The number of hydrogen-bond acceptors (Lipinski definition) is 3. The highest BCUT2D eigenvalue weighted by atomic mass is 35.5. The van der Waals surface area contributed by atoms with Crippen LogP contribution >= 0.6 is 11.6 Å². The Morgan fingerprint density at radius 1 is 1.38 bits per heavy atom. The quantitative estimate of drug-likeness (QED) is 0.428. The van der Waals surface area contributed by atoms with Crippen molar-refractivity contribution < 1.29 is 9.72 Å². The Labute approximate surface area is 130 Å². The van der Waals surface area contributed by atoms with Crippen LogP contribution < -0.4 is 0 Å². The van der Waals surface area contributed by atoms with E-state index in [0.29, 0.717) is 6.54 Å². The number of rotatable bonds is 7. The molecule has 5 nitrogen and oxygen atoms in total. The molecule has 0 N–H and O–H groups in total. The second-order valence-electron chi connectivity index (χ2n) is 5.20. The molecule has 6 heteroatoms. The van der Waals surface area contributed by atoms with E-state index in [1.807, 2.05) is 13.8 Å². The summed E-state index contributed by atoms with van der Waals surface area (Å²) in [5.74, 6) is -0.255. The minimum absolute atomic E-state index is 0.0182. The number of nitrogens with zero attached hydrogens (tertiary/aromatic N) is 2. The van der Waals surface area contributed by atoms with Crippen molar-refractivity contribution in [1.82, 2.24) is 4.90 Å². The van der Waals surface area contributed by atoms with E-state index in [1.54, 1.807) is 4.90 Å². The number of hydrogen-bond donors (Lipinski definition) is 0. The van der Waals surface area contributed by atoms with E-state index < -0.39 is 4.92 Å². The molecule has 0 aliphatic heterocycles. The summed E-state index contributed by atoms with van der Waals surface area (Å²) in [5.41, 5.74) is -0.0455. The van der Waals surface area contributed by atoms with Gasteiger partial charge in [-0.15, -0.1) is 0 Å². The third-order valence-electron chi connectivity index (χ3n) is 3.29. The van der Waals surface area contributed by atoms with Gasteiger partial charge in [-0.25, -0.2) is 0 Å². The number of unbranched alkanes of at least 4 members (excludes halogenated alkanes) is 2. The molecule has 0 fully saturated rings. The van der Waals surface area contributed by atoms with Crippen LogP contribution in [0.5, 0.6) is 0 Å². The topological polar surface area (TPSA) is 63.5 Å². The lowest BCUT2D eigenvalue weighted by molar-refractivity contribution is -0.384. The first-order valence-corrected chi connectivity index (χ1v) is 7.51. The summed E-state index contributed by atoms with van der Waals surface area (Å²) in [6.45, 7) is 6.58. The van der Waals surface area contributed by atoms with Gasteiger partial charge in [0.1, 0.15) is 5.02 Å². The summed E-state index contributed by atoms with van der Waals surface area (Å²) < 4.78 is 0. The van der Waals surface area contributed by atoms with Gasteiger partial charge >= 0.3 is 0 Å². The van der Waals surface area contributed by atoms with Crippen molar-refractivity contribution in [2.24, 2.45) is 0 Å². The molecule has 1 aromatic carbocycles. The van der Waals surface area contributed by atoms with Crippen LogP contribution in [0.25, 0.3) is 0 Å². The van der Waals surface area contributed by atoms with Gasteiger partial charge in [0.25, 0.3) is 11.6 Å². The fourth-order valence-corrected chi connectivity index (χ4v) is 2.38. The van der Waals surface area contributed by atoms with Gasteiger partial charge in [-0.2, -0.15) is 0 Å². The molecule has 0 spiro atoms. The first kappa shape index (κ1) is 17.4. The van der Waals surface area contributed by atoms with Crippen LogP contribution in [-0.4, -0.2) is 28.3 Å². The SMILES string of the molecule is CCCCCN(C(=O)c1cccc([N+](=O)[O-])c1Cl)C(C)C. The largest absolute Gasteiger partial charge is 0.336 e. The Morgan fingerprint density at radius 2 is 2.05 bits per heavy atom. The normalized spacial score (nSPS) is 10.7. The van der Waals surface area contributed by atoms with E-state index in [2.05, 4.69) is 6.92 Å². The van der Waals surface area contributed by atoms with Gasteiger partial charge in [0.05, 0.1) is 10.5 Å². The summed E-state index contributed by atoms with van der Waals surface area (Å²) in [4.78, 5) is 24.6. The molecule has 1 amide bonds. The first-order valence-electron chi connectivity index (χ1n) is 7.14. The molecular weight excluding hydrogens is 292 g/mol. The number of carbonyl (C=O) groups is 1. The monoisotopic (exact) mass is 312 g/mol. The molecule has 0 aliphatic rings. The minimum atomic E-state index is -0.574. The lowest BCUT2D eigenvalue weighted by Gasteiger charge is -2.27. The van der Waals surface area contributed by atoms with Crippen molar-refractivity contribution in [3.05, 3.63) is 38.9 Å². The molecule has 21 heavy (non-hydrogen) atoms. The van der Waals surface area contributed by atoms with Crippen molar-refractivity contribution in [3.8, 4) is 0 Å². The fraction of sp³-hybridized carbons (Fsp3) is 0.533. The molecule has 0 unspecified atom stereocenters. The molecule has 0 aliphatic carbocycles. The standard InChI is InChI=1S/C15H21ClN2O3/c1-4-5-6-10-17(11(2)3)15(19)12-8-7-9-13(14(12)16)18(20)21/h7-9,11H,4-6,10H2,1-3H3. The Balaban J connectivity index is 3.04. The fourth-order valence-electron chi connectivity index (χ4n) is 2.11. The third kappa shape index (κ3) is 4.43. The summed E-state index contributed by atoms with van der Waals surface area (Å²) in [6, 6.07) is 4.34. The minimum Gasteiger partial charge on any atom is -0.336 e. The van der Waals surface area contributed by atoms with E-state index in [4.69, 9.17) is 11.6 Å². The highest BCUT2D eigenvalue weighted by Crippen LogP contribution is 2.29. The third-order valence-corrected chi connectivity index (χ3v) is 3.69. The van der Waals surface area contributed by atoms with Gasteiger partial charge < -0.3 is 4.90 Å². The van der Waals surface area contributed by atoms with E-state index in [-0.39, 0.29) is 28.2 Å². The Hall–Kier alpha value is -1.62. The maximum atomic E-state index is 12.6. The number of carbonyl (C=O) groups excluding carboxylic acids is 1. The van der Waals surface area contributed by atoms with Crippen molar-refractivity contribution in [2.75, 3.05) is 6.54 Å². The molecule has 0 saturated heterocycles. The zero-order valence-electron chi connectivity index (χ0n) is 12.6. The zero-order chi connectivity index (χ0) is 16.0. The first-order chi connectivity index (χ1) is 9.90. The average molecular weight is 313 g/mol. The van der Waals surface area contributed by atoms with E-state index in [0.717, 1.165) is 19.3 Å². The predicted molar refractivity (Wildman–Crippen MR) is 83.8 cm³/mol. The summed E-state index contributed by atoms with van der Waals surface area (Å²) >= 11 is 6.02. The molecule has 0 saturated carbocycles. The van der Waals surface area contributed by atoms with Crippen LogP contribution in [0, 0.1) is 10.1 Å². The van der Waals surface area contributed by atoms with Gasteiger partial charge in [0.15, 0.2) is 0 Å². The van der Waals surface area contributed by atoms with E-state index >= 15 is 0 Å². The maximum absolute atomic E-state index is 12.6. The van der Waals surface area contributed by atoms with Gasteiger partial charge in [-0.1, -0.05) is 37.4 Å². The number of nitro groups is 1. The van der Waals surface area contributed by atoms with Crippen molar-refractivity contribution >= 4 is 23.2 Å². The average Bonchev–Trinajstić information content (AvgIpc) is 2.42. The van der Waals surface area contributed by atoms with Gasteiger partial charge in [0.2, 0.25) is 0 Å². The molecule has 0 heterocycles. The van der Waals surface area contributed by atoms with Crippen LogP contribution in [0.4, 0.5) is 5.69 Å². The molecule has 1 rings (SSSR count). The Bertz CT molecular complexity index is 518. The summed E-state index contributed by atoms with van der Waals surface area (Å²) in [5, 5.41) is 10.8. The molecule has 0 bridgehead atoms. The smallest absolute Gasteiger partial charge is 0.288 e. The highest BCUT2D eigenvalue weighted by molar-refractivity contribution is 6.35. The number of halogens is 1. The molecule has 116 valence electrons. The summed E-state index contributed by atoms with van der Waals surface area (Å²) in [6.07, 6.45) is 3.02. The maximum Gasteiger partial charge on any atom is 0.288 e. The van der Waals surface area contributed by atoms with Crippen molar-refractivity contribution in [1.29, 1.82) is 0 Å². The van der Waals surface area contributed by atoms with Crippen molar-refractivity contribution in [3.63, 3.8) is 0 Å². The van der Waals surface area contributed by atoms with Gasteiger partial charge in [0, 0.05) is 18.7 Å². The van der Waals surface area contributed by atoms with Crippen molar-refractivity contribution in [2.45, 2.75) is 46.1 Å². The van der Waals surface area contributed by atoms with Crippen LogP contribution in [0.3, 0.4) is 0 Å². The Morgan fingerprint density at radius 3 is 2.57 bits per heavy atom. The number of benzene rings is 1. The lowest BCUT2D eigenvalue weighted by Crippen LogP contribution is -2.37. The zero-order valence-corrected chi connectivity index (χ0v) is 13.4. The van der Waals surface area contributed by atoms with Gasteiger partial charge in [-0.05, 0) is 26.3 Å². The molecule has 0 atom stereocenters. The number of nitro benzene ring substituents is 1. The van der Waals surface area contributed by atoms with E-state index in [9.17, 15) is 14.9 Å². The van der Waals surface area contributed by atoms with Crippen LogP contribution in [0.2, 0.25) is 5.02 Å². The van der Waals surface area contributed by atoms with Crippen LogP contribution in [0.15, 0.2) is 18.2 Å². The van der Waals surface area contributed by atoms with Crippen LogP contribution in [-0.2, 0) is 0 Å². The highest BCUT2D eigenvalue weighted by Gasteiger charge is 2.24. The molecule has 0 radical (unpaired) electrons. The second kappa shape index (κ2) is 7.98. The lowest BCUT2D eigenvalue weighted by atomic mass is 10.1. The summed E-state index contributed by atoms with van der Waals surface area (Å²) in [7, 11) is 0. The van der Waals surface area contributed by atoms with Gasteiger partial charge in [-0.3, -0.25) is 14.9 Å². The van der Waals surface area contributed by atoms with Crippen LogP contribution in [0.1, 0.15) is 50.4 Å². The van der Waals surface area contributed by atoms with E-state index in [1.165, 1.54) is 18.2 Å². The second-order valence-corrected chi connectivity index (χ2v) is 5.57. The predicted octanol–water partition coefficient (Wildman–Crippen LogP) is 4.29.